The summed E-state index contributed by atoms with van der Waals surface area (Å²) in [5.41, 5.74) is 3.98. The standard InChI is InChI=1S/C16H18N2O/c19-16(11-5-6-11)18-9-7-13-12-3-1-2-4-14(12)17-15(13)8-10-18/h1-4,11,17H,5-10H2. The van der Waals surface area contributed by atoms with Gasteiger partial charge in [-0.05, 0) is 30.9 Å². The molecule has 1 aromatic carbocycles. The van der Waals surface area contributed by atoms with Gasteiger partial charge in [-0.15, -0.1) is 0 Å². The molecule has 2 heterocycles. The van der Waals surface area contributed by atoms with E-state index in [2.05, 4.69) is 34.1 Å². The third-order valence-electron chi connectivity index (χ3n) is 4.40. The third kappa shape index (κ3) is 1.84. The summed E-state index contributed by atoms with van der Waals surface area (Å²) < 4.78 is 0. The van der Waals surface area contributed by atoms with Crippen molar-refractivity contribution in [1.29, 1.82) is 0 Å². The van der Waals surface area contributed by atoms with Crippen LogP contribution in [0.1, 0.15) is 24.1 Å². The minimum atomic E-state index is 0.341. The van der Waals surface area contributed by atoms with E-state index in [0.29, 0.717) is 11.8 Å². The molecule has 3 heteroatoms. The Bertz CT molecular complexity index is 639. The van der Waals surface area contributed by atoms with E-state index in [-0.39, 0.29) is 0 Å². The van der Waals surface area contributed by atoms with Crippen molar-refractivity contribution < 1.29 is 4.79 Å². The molecule has 0 radical (unpaired) electrons. The lowest BCUT2D eigenvalue weighted by Crippen LogP contribution is -2.34. The van der Waals surface area contributed by atoms with Gasteiger partial charge < -0.3 is 9.88 Å². The summed E-state index contributed by atoms with van der Waals surface area (Å²) in [6, 6.07) is 8.48. The number of hydrogen-bond acceptors (Lipinski definition) is 1. The first kappa shape index (κ1) is 11.1. The van der Waals surface area contributed by atoms with Crippen LogP contribution >= 0.6 is 0 Å². The molecule has 0 bridgehead atoms. The predicted molar refractivity (Wildman–Crippen MR) is 75.0 cm³/mol. The quantitative estimate of drug-likeness (QED) is 0.834. The lowest BCUT2D eigenvalue weighted by molar-refractivity contribution is -0.132. The summed E-state index contributed by atoms with van der Waals surface area (Å²) in [6.07, 6.45) is 4.15. The molecule has 1 aliphatic carbocycles. The molecule has 3 nitrogen and oxygen atoms in total. The zero-order valence-electron chi connectivity index (χ0n) is 11.0. The number of aromatic nitrogens is 1. The van der Waals surface area contributed by atoms with E-state index in [0.717, 1.165) is 38.8 Å². The second kappa shape index (κ2) is 4.12. The average Bonchev–Trinajstić information content (AvgIpc) is 3.24. The Hall–Kier alpha value is -1.77. The van der Waals surface area contributed by atoms with Crippen LogP contribution in [0, 0.1) is 5.92 Å². The molecule has 0 unspecified atom stereocenters. The van der Waals surface area contributed by atoms with Gasteiger partial charge in [-0.25, -0.2) is 0 Å². The van der Waals surface area contributed by atoms with Crippen molar-refractivity contribution in [2.24, 2.45) is 5.92 Å². The molecule has 2 aliphatic rings. The number of carbonyl (C=O) groups excluding carboxylic acids is 1. The van der Waals surface area contributed by atoms with E-state index in [1.54, 1.807) is 0 Å². The van der Waals surface area contributed by atoms with Gasteiger partial charge in [-0.2, -0.15) is 0 Å². The van der Waals surface area contributed by atoms with E-state index < -0.39 is 0 Å². The van der Waals surface area contributed by atoms with E-state index in [1.807, 2.05) is 0 Å². The molecule has 1 N–H and O–H groups in total. The number of para-hydroxylation sites is 1. The summed E-state index contributed by atoms with van der Waals surface area (Å²) in [4.78, 5) is 17.8. The molecule has 2 aromatic rings. The Labute approximate surface area is 112 Å². The van der Waals surface area contributed by atoms with Crippen molar-refractivity contribution in [1.82, 2.24) is 9.88 Å². The molecule has 98 valence electrons. The number of aromatic amines is 1. The van der Waals surface area contributed by atoms with Gasteiger partial charge in [0.15, 0.2) is 0 Å². The molecule has 19 heavy (non-hydrogen) atoms. The van der Waals surface area contributed by atoms with E-state index in [4.69, 9.17) is 0 Å². The Morgan fingerprint density at radius 3 is 2.79 bits per heavy atom. The molecule has 1 amide bonds. The monoisotopic (exact) mass is 254 g/mol. The maximum absolute atomic E-state index is 12.2. The Morgan fingerprint density at radius 1 is 1.16 bits per heavy atom. The summed E-state index contributed by atoms with van der Waals surface area (Å²) in [5.74, 6) is 0.725. The van der Waals surface area contributed by atoms with Gasteiger partial charge >= 0.3 is 0 Å². The number of carbonyl (C=O) groups is 1. The molecule has 0 saturated heterocycles. The van der Waals surface area contributed by atoms with Crippen LogP contribution in [0.3, 0.4) is 0 Å². The number of nitrogens with zero attached hydrogens (tertiary/aromatic N) is 1. The number of benzene rings is 1. The fraction of sp³-hybridized carbons (Fsp3) is 0.438. The van der Waals surface area contributed by atoms with Crippen LogP contribution in [0.5, 0.6) is 0 Å². The first-order chi connectivity index (χ1) is 9.33. The van der Waals surface area contributed by atoms with E-state index >= 15 is 0 Å². The van der Waals surface area contributed by atoms with Gasteiger partial charge in [-0.3, -0.25) is 4.79 Å². The molecule has 1 fully saturated rings. The van der Waals surface area contributed by atoms with E-state index in [1.165, 1.54) is 22.2 Å². The summed E-state index contributed by atoms with van der Waals surface area (Å²) >= 11 is 0. The highest BCUT2D eigenvalue weighted by Gasteiger charge is 2.34. The maximum Gasteiger partial charge on any atom is 0.225 e. The molecule has 1 saturated carbocycles. The van der Waals surface area contributed by atoms with Crippen molar-refractivity contribution in [3.8, 4) is 0 Å². The van der Waals surface area contributed by atoms with Crippen LogP contribution in [0.15, 0.2) is 24.3 Å². The first-order valence-corrected chi connectivity index (χ1v) is 7.20. The molecule has 0 atom stereocenters. The second-order valence-electron chi connectivity index (χ2n) is 5.73. The van der Waals surface area contributed by atoms with Crippen LogP contribution in [0.4, 0.5) is 0 Å². The smallest absolute Gasteiger partial charge is 0.225 e. The Balaban J connectivity index is 1.63. The van der Waals surface area contributed by atoms with Crippen molar-refractivity contribution in [2.75, 3.05) is 13.1 Å². The van der Waals surface area contributed by atoms with Crippen molar-refractivity contribution in [2.45, 2.75) is 25.7 Å². The highest BCUT2D eigenvalue weighted by molar-refractivity contribution is 5.85. The molecular formula is C16H18N2O. The molecular weight excluding hydrogens is 236 g/mol. The molecule has 1 aromatic heterocycles. The number of nitrogens with one attached hydrogen (secondary N) is 1. The van der Waals surface area contributed by atoms with Crippen LogP contribution in [-0.2, 0) is 17.6 Å². The highest BCUT2D eigenvalue weighted by atomic mass is 16.2. The van der Waals surface area contributed by atoms with Gasteiger partial charge in [0.1, 0.15) is 0 Å². The minimum absolute atomic E-state index is 0.341. The topological polar surface area (TPSA) is 36.1 Å². The third-order valence-corrected chi connectivity index (χ3v) is 4.40. The molecule has 1 aliphatic heterocycles. The summed E-state index contributed by atoms with van der Waals surface area (Å²) in [5, 5.41) is 1.33. The van der Waals surface area contributed by atoms with Gasteiger partial charge in [0.2, 0.25) is 5.91 Å². The summed E-state index contributed by atoms with van der Waals surface area (Å²) in [7, 11) is 0. The predicted octanol–water partition coefficient (Wildman–Crippen LogP) is 2.51. The van der Waals surface area contributed by atoms with Crippen LogP contribution in [0.25, 0.3) is 10.9 Å². The minimum Gasteiger partial charge on any atom is -0.358 e. The van der Waals surface area contributed by atoms with Gasteiger partial charge in [0.25, 0.3) is 0 Å². The average molecular weight is 254 g/mol. The fourth-order valence-electron chi connectivity index (χ4n) is 3.17. The van der Waals surface area contributed by atoms with Crippen LogP contribution in [-0.4, -0.2) is 28.9 Å². The fourth-order valence-corrected chi connectivity index (χ4v) is 3.17. The number of fused-ring (bicyclic) bond motifs is 3. The first-order valence-electron chi connectivity index (χ1n) is 7.20. The number of H-pyrrole nitrogens is 1. The largest absolute Gasteiger partial charge is 0.358 e. The van der Waals surface area contributed by atoms with Crippen LogP contribution in [0.2, 0.25) is 0 Å². The lowest BCUT2D eigenvalue weighted by Gasteiger charge is -2.20. The van der Waals surface area contributed by atoms with Gasteiger partial charge in [-0.1, -0.05) is 18.2 Å². The zero-order chi connectivity index (χ0) is 12.8. The maximum atomic E-state index is 12.2. The van der Waals surface area contributed by atoms with E-state index in [9.17, 15) is 4.79 Å². The lowest BCUT2D eigenvalue weighted by atomic mass is 10.1. The molecule has 4 rings (SSSR count). The highest BCUT2D eigenvalue weighted by Crippen LogP contribution is 2.32. The van der Waals surface area contributed by atoms with Crippen molar-refractivity contribution in [3.63, 3.8) is 0 Å². The number of amides is 1. The number of rotatable bonds is 1. The Morgan fingerprint density at radius 2 is 1.95 bits per heavy atom. The number of hydrogen-bond donors (Lipinski definition) is 1. The summed E-state index contributed by atoms with van der Waals surface area (Å²) in [6.45, 7) is 1.75. The second-order valence-corrected chi connectivity index (χ2v) is 5.73. The van der Waals surface area contributed by atoms with Crippen LogP contribution < -0.4 is 0 Å². The normalized spacial score (nSPS) is 19.3. The molecule has 0 spiro atoms. The van der Waals surface area contributed by atoms with Crippen molar-refractivity contribution in [3.05, 3.63) is 35.5 Å². The Kier molecular flexibility index (Phi) is 2.40. The van der Waals surface area contributed by atoms with Crippen molar-refractivity contribution >= 4 is 16.8 Å². The zero-order valence-corrected chi connectivity index (χ0v) is 11.0. The van der Waals surface area contributed by atoms with Gasteiger partial charge in [0, 0.05) is 42.0 Å². The van der Waals surface area contributed by atoms with Gasteiger partial charge in [0.05, 0.1) is 0 Å². The SMILES string of the molecule is O=C(C1CC1)N1CCc2[nH]c3ccccc3c2CC1.